The van der Waals surface area contributed by atoms with Crippen LogP contribution in [0.15, 0.2) is 54.7 Å². The van der Waals surface area contributed by atoms with Gasteiger partial charge in [-0.25, -0.2) is 9.13 Å². The maximum atomic E-state index is 12.4. The predicted molar refractivity (Wildman–Crippen MR) is 96.2 cm³/mol. The first-order valence-corrected chi connectivity index (χ1v) is 8.10. The van der Waals surface area contributed by atoms with E-state index in [4.69, 9.17) is 28.9 Å². The Bertz CT molecular complexity index is 884. The molecule has 122 valence electrons. The summed E-state index contributed by atoms with van der Waals surface area (Å²) in [6.07, 6.45) is 1.87. The minimum Gasteiger partial charge on any atom is -0.291 e. The van der Waals surface area contributed by atoms with Gasteiger partial charge in [-0.15, -0.1) is 0 Å². The number of hydrogen-bond acceptors (Lipinski definition) is 2. The van der Waals surface area contributed by atoms with E-state index >= 15 is 0 Å². The van der Waals surface area contributed by atoms with E-state index in [2.05, 4.69) is 0 Å². The molecule has 2 aromatic carbocycles. The van der Waals surface area contributed by atoms with Gasteiger partial charge in [0.25, 0.3) is 0 Å². The molecule has 0 atom stereocenters. The van der Waals surface area contributed by atoms with Gasteiger partial charge in [0.1, 0.15) is 18.4 Å². The van der Waals surface area contributed by atoms with Crippen LogP contribution >= 0.6 is 23.2 Å². The number of anilines is 1. The van der Waals surface area contributed by atoms with Gasteiger partial charge in [0.2, 0.25) is 0 Å². The number of aromatic nitrogens is 2. The zero-order valence-corrected chi connectivity index (χ0v) is 14.6. The van der Waals surface area contributed by atoms with Gasteiger partial charge < -0.3 is 0 Å². The molecule has 0 aliphatic rings. The standard InChI is InChI=1S/C18H15Cl2N3O/c1-22-16(12-2-6-14(19)7-3-12)10-23(18(22)21)11-17(24)13-4-8-15(20)9-5-13/h2-10,21H,11H2,1H3/p+1. The first-order valence-electron chi connectivity index (χ1n) is 7.35. The second-order valence-electron chi connectivity index (χ2n) is 5.50. The molecule has 0 fully saturated rings. The van der Waals surface area contributed by atoms with E-state index in [-0.39, 0.29) is 12.3 Å². The van der Waals surface area contributed by atoms with Crippen molar-refractivity contribution in [1.82, 2.24) is 4.57 Å². The van der Waals surface area contributed by atoms with E-state index in [9.17, 15) is 4.79 Å². The van der Waals surface area contributed by atoms with Gasteiger partial charge in [0.15, 0.2) is 5.78 Å². The molecule has 0 saturated carbocycles. The van der Waals surface area contributed by atoms with Crippen molar-refractivity contribution in [3.8, 4) is 11.3 Å². The lowest BCUT2D eigenvalue weighted by molar-refractivity contribution is -0.667. The van der Waals surface area contributed by atoms with E-state index in [1.807, 2.05) is 42.1 Å². The molecule has 0 amide bonds. The second kappa shape index (κ2) is 6.67. The average Bonchev–Trinajstić information content (AvgIpc) is 2.85. The van der Waals surface area contributed by atoms with Crippen molar-refractivity contribution in [3.05, 3.63) is 70.3 Å². The molecule has 0 aliphatic heterocycles. The second-order valence-corrected chi connectivity index (χ2v) is 6.37. The monoisotopic (exact) mass is 360 g/mol. The summed E-state index contributed by atoms with van der Waals surface area (Å²) in [4.78, 5) is 12.4. The normalized spacial score (nSPS) is 10.8. The van der Waals surface area contributed by atoms with Crippen molar-refractivity contribution < 1.29 is 9.36 Å². The fraction of sp³-hybridized carbons (Fsp3) is 0.111. The summed E-state index contributed by atoms with van der Waals surface area (Å²) in [5, 5.41) is 1.27. The Balaban J connectivity index is 1.89. The van der Waals surface area contributed by atoms with E-state index in [0.29, 0.717) is 21.6 Å². The van der Waals surface area contributed by atoms with Crippen molar-refractivity contribution in [1.29, 1.82) is 0 Å². The van der Waals surface area contributed by atoms with E-state index in [0.717, 1.165) is 11.3 Å². The summed E-state index contributed by atoms with van der Waals surface area (Å²) in [5.74, 6) is 0.471. The Kier molecular flexibility index (Phi) is 4.60. The molecular weight excluding hydrogens is 345 g/mol. The molecule has 0 bridgehead atoms. The number of halogens is 2. The maximum Gasteiger partial charge on any atom is 0.355 e. The first kappa shape index (κ1) is 16.6. The summed E-state index contributed by atoms with van der Waals surface area (Å²) in [6, 6.07) is 14.3. The van der Waals surface area contributed by atoms with Crippen LogP contribution in [0.5, 0.6) is 0 Å². The fourth-order valence-electron chi connectivity index (χ4n) is 2.51. The highest BCUT2D eigenvalue weighted by Gasteiger charge is 2.20. The minimum absolute atomic E-state index is 0.0309. The van der Waals surface area contributed by atoms with E-state index in [1.54, 1.807) is 28.8 Å². The Labute approximate surface area is 150 Å². The largest absolute Gasteiger partial charge is 0.355 e. The van der Waals surface area contributed by atoms with Crippen LogP contribution in [0, 0.1) is 0 Å². The highest BCUT2D eigenvalue weighted by Crippen LogP contribution is 2.22. The Morgan fingerprint density at radius 3 is 2.17 bits per heavy atom. The summed E-state index contributed by atoms with van der Waals surface area (Å²) < 4.78 is 3.58. The summed E-state index contributed by atoms with van der Waals surface area (Å²) >= 11 is 11.8. The zero-order valence-electron chi connectivity index (χ0n) is 13.0. The van der Waals surface area contributed by atoms with Crippen LogP contribution in [0.25, 0.3) is 11.3 Å². The van der Waals surface area contributed by atoms with Crippen LogP contribution < -0.4 is 10.3 Å². The van der Waals surface area contributed by atoms with Gasteiger partial charge in [-0.2, -0.15) is 0 Å². The van der Waals surface area contributed by atoms with E-state index in [1.165, 1.54) is 0 Å². The number of carbonyl (C=O) groups excluding carboxylic acids is 1. The number of nitrogens with zero attached hydrogens (tertiary/aromatic N) is 2. The van der Waals surface area contributed by atoms with Crippen LogP contribution in [0.4, 0.5) is 5.95 Å². The molecule has 1 aromatic heterocycles. The number of imidazole rings is 1. The first-order chi connectivity index (χ1) is 11.5. The van der Waals surface area contributed by atoms with Crippen molar-refractivity contribution in [2.45, 2.75) is 6.54 Å². The summed E-state index contributed by atoms with van der Waals surface area (Å²) in [7, 11) is 1.86. The van der Waals surface area contributed by atoms with Gasteiger partial charge in [-0.05, 0) is 48.5 Å². The van der Waals surface area contributed by atoms with Gasteiger partial charge in [-0.1, -0.05) is 23.2 Å². The molecule has 24 heavy (non-hydrogen) atoms. The predicted octanol–water partition coefficient (Wildman–Crippen LogP) is 3.75. The zero-order chi connectivity index (χ0) is 17.3. The van der Waals surface area contributed by atoms with Gasteiger partial charge in [0.05, 0.1) is 7.05 Å². The van der Waals surface area contributed by atoms with Gasteiger partial charge in [0, 0.05) is 21.2 Å². The number of nitrogens with two attached hydrogens (primary N) is 1. The number of rotatable bonds is 4. The Morgan fingerprint density at radius 2 is 1.58 bits per heavy atom. The molecule has 0 saturated heterocycles. The molecule has 2 N–H and O–H groups in total. The fourth-order valence-corrected chi connectivity index (χ4v) is 2.77. The van der Waals surface area contributed by atoms with Gasteiger partial charge >= 0.3 is 5.95 Å². The average molecular weight is 361 g/mol. The Hall–Kier alpha value is -2.30. The highest BCUT2D eigenvalue weighted by atomic mass is 35.5. The van der Waals surface area contributed by atoms with Crippen LogP contribution in [0.3, 0.4) is 0 Å². The SMILES string of the molecule is Cn1c(-c2ccc(Cl)cc2)c[n+](CC(=O)c2ccc(Cl)cc2)c1N. The van der Waals surface area contributed by atoms with Crippen molar-refractivity contribution >= 4 is 34.9 Å². The number of hydrogen-bond donors (Lipinski definition) is 1. The lowest BCUT2D eigenvalue weighted by Gasteiger charge is -2.00. The molecule has 6 heteroatoms. The molecule has 0 unspecified atom stereocenters. The summed E-state index contributed by atoms with van der Waals surface area (Å²) in [6.45, 7) is 0.162. The van der Waals surface area contributed by atoms with Crippen molar-refractivity contribution in [2.75, 3.05) is 5.73 Å². The van der Waals surface area contributed by atoms with Gasteiger partial charge in [-0.3, -0.25) is 10.5 Å². The molecule has 1 heterocycles. The quantitative estimate of drug-likeness (QED) is 0.568. The minimum atomic E-state index is -0.0309. The number of benzene rings is 2. The Morgan fingerprint density at radius 1 is 1.04 bits per heavy atom. The maximum absolute atomic E-state index is 12.4. The van der Waals surface area contributed by atoms with E-state index < -0.39 is 0 Å². The number of ketones is 1. The highest BCUT2D eigenvalue weighted by molar-refractivity contribution is 6.30. The lowest BCUT2D eigenvalue weighted by atomic mass is 10.1. The number of carbonyl (C=O) groups is 1. The lowest BCUT2D eigenvalue weighted by Crippen LogP contribution is -2.39. The molecular formula is C18H16Cl2N3O+. The topological polar surface area (TPSA) is 51.9 Å². The van der Waals surface area contributed by atoms with Crippen LogP contribution in [-0.4, -0.2) is 10.4 Å². The molecule has 3 aromatic rings. The number of Topliss-reactive ketones (excluding diaryl/α,β-unsaturated/α-hetero) is 1. The molecule has 3 rings (SSSR count). The third kappa shape index (κ3) is 3.30. The molecule has 0 radical (unpaired) electrons. The van der Waals surface area contributed by atoms with Crippen LogP contribution in [-0.2, 0) is 13.6 Å². The van der Waals surface area contributed by atoms with Crippen LogP contribution in [0.2, 0.25) is 10.0 Å². The van der Waals surface area contributed by atoms with Crippen molar-refractivity contribution in [3.63, 3.8) is 0 Å². The molecule has 0 spiro atoms. The third-order valence-corrected chi connectivity index (χ3v) is 4.40. The molecule has 4 nitrogen and oxygen atoms in total. The molecule has 0 aliphatic carbocycles. The third-order valence-electron chi connectivity index (χ3n) is 3.90. The van der Waals surface area contributed by atoms with Crippen molar-refractivity contribution in [2.24, 2.45) is 7.05 Å². The smallest absolute Gasteiger partial charge is 0.291 e. The van der Waals surface area contributed by atoms with Crippen LogP contribution in [0.1, 0.15) is 10.4 Å². The summed E-state index contributed by atoms with van der Waals surface area (Å²) in [5.41, 5.74) is 8.64. The number of nitrogen functional groups attached to an aromatic ring is 1.